The lowest BCUT2D eigenvalue weighted by atomic mass is 10.2. The van der Waals surface area contributed by atoms with Crippen molar-refractivity contribution in [2.45, 2.75) is 25.3 Å². The third kappa shape index (κ3) is 3.10. The predicted octanol–water partition coefficient (Wildman–Crippen LogP) is 0.476. The van der Waals surface area contributed by atoms with Crippen LogP contribution in [0.1, 0.15) is 35.4 Å². The van der Waals surface area contributed by atoms with Crippen molar-refractivity contribution in [3.63, 3.8) is 0 Å². The molecule has 118 valence electrons. The zero-order valence-corrected chi connectivity index (χ0v) is 12.6. The van der Waals surface area contributed by atoms with Gasteiger partial charge in [-0.25, -0.2) is 15.0 Å². The number of pyridine rings is 1. The van der Waals surface area contributed by atoms with Crippen LogP contribution in [0.4, 0.5) is 5.69 Å². The maximum absolute atomic E-state index is 12.3. The van der Waals surface area contributed by atoms with Gasteiger partial charge >= 0.3 is 0 Å². The number of hydrazine groups is 1. The van der Waals surface area contributed by atoms with Crippen molar-refractivity contribution in [3.05, 3.63) is 23.5 Å². The van der Waals surface area contributed by atoms with Gasteiger partial charge in [-0.15, -0.1) is 0 Å². The van der Waals surface area contributed by atoms with E-state index in [4.69, 9.17) is 11.1 Å². The number of carbonyl (C=O) groups is 1. The van der Waals surface area contributed by atoms with Gasteiger partial charge in [0.2, 0.25) is 0 Å². The fourth-order valence-electron chi connectivity index (χ4n) is 3.09. The highest BCUT2D eigenvalue weighted by molar-refractivity contribution is 5.94. The van der Waals surface area contributed by atoms with Crippen molar-refractivity contribution in [1.82, 2.24) is 20.3 Å². The van der Waals surface area contributed by atoms with E-state index in [1.54, 1.807) is 12.1 Å². The van der Waals surface area contributed by atoms with Crippen LogP contribution >= 0.6 is 0 Å². The minimum atomic E-state index is -0.198. The number of carbonyl (C=O) groups excluding carboxylic acids is 1. The van der Waals surface area contributed by atoms with Gasteiger partial charge in [-0.1, -0.05) is 0 Å². The molecule has 1 atom stereocenters. The molecule has 4 N–H and O–H groups in total. The van der Waals surface area contributed by atoms with Gasteiger partial charge in [0.25, 0.3) is 5.91 Å². The first-order valence-corrected chi connectivity index (χ1v) is 7.75. The van der Waals surface area contributed by atoms with Crippen LogP contribution in [0.3, 0.4) is 0 Å². The number of nitrogens with one attached hydrogen (secondary N) is 2. The second-order valence-corrected chi connectivity index (χ2v) is 5.85. The number of nitrogens with two attached hydrogens (primary N) is 1. The lowest BCUT2D eigenvalue weighted by Gasteiger charge is -2.27. The van der Waals surface area contributed by atoms with Crippen LogP contribution < -0.4 is 11.1 Å². The molecule has 0 aromatic carbocycles. The highest BCUT2D eigenvalue weighted by atomic mass is 16.2. The Labute approximate surface area is 130 Å². The number of rotatable bonds is 4. The van der Waals surface area contributed by atoms with Gasteiger partial charge in [0.05, 0.1) is 5.69 Å². The fraction of sp³-hybridized carbons (Fsp3) is 0.533. The molecule has 2 fully saturated rings. The molecule has 1 amide bonds. The van der Waals surface area contributed by atoms with Crippen molar-refractivity contribution in [3.8, 4) is 0 Å². The number of aromatic nitrogens is 1. The van der Waals surface area contributed by atoms with Crippen LogP contribution in [0, 0.1) is 5.41 Å². The molecule has 7 heteroatoms. The first-order chi connectivity index (χ1) is 10.7. The SMILES string of the molecule is N=Cc1nc(C(=O)NC2CCN(N3CCCC3)C2)ccc1N. The van der Waals surface area contributed by atoms with E-state index in [0.29, 0.717) is 17.1 Å². The normalized spacial score (nSPS) is 22.8. The molecule has 2 aliphatic rings. The van der Waals surface area contributed by atoms with Crippen LogP contribution in [-0.4, -0.2) is 59.3 Å². The van der Waals surface area contributed by atoms with Gasteiger partial charge in [-0.3, -0.25) is 4.79 Å². The molecular formula is C15H22N6O. The van der Waals surface area contributed by atoms with Crippen LogP contribution in [-0.2, 0) is 0 Å². The van der Waals surface area contributed by atoms with Crippen LogP contribution in [0.2, 0.25) is 0 Å². The molecule has 22 heavy (non-hydrogen) atoms. The van der Waals surface area contributed by atoms with Gasteiger partial charge in [-0.2, -0.15) is 0 Å². The summed E-state index contributed by atoms with van der Waals surface area (Å²) < 4.78 is 0. The summed E-state index contributed by atoms with van der Waals surface area (Å²) in [6, 6.07) is 3.37. The number of hydrogen-bond donors (Lipinski definition) is 3. The van der Waals surface area contributed by atoms with Gasteiger partial charge < -0.3 is 16.5 Å². The molecule has 1 aromatic rings. The van der Waals surface area contributed by atoms with Crippen LogP contribution in [0.15, 0.2) is 12.1 Å². The molecule has 3 heterocycles. The second-order valence-electron chi connectivity index (χ2n) is 5.85. The predicted molar refractivity (Wildman–Crippen MR) is 84.8 cm³/mol. The summed E-state index contributed by atoms with van der Waals surface area (Å²) in [4.78, 5) is 16.4. The highest BCUT2D eigenvalue weighted by Gasteiger charge is 2.29. The summed E-state index contributed by atoms with van der Waals surface area (Å²) in [5.74, 6) is -0.198. The molecule has 2 aliphatic heterocycles. The van der Waals surface area contributed by atoms with Gasteiger partial charge in [0, 0.05) is 38.4 Å². The minimum absolute atomic E-state index is 0.149. The molecular weight excluding hydrogens is 280 g/mol. The molecule has 0 radical (unpaired) electrons. The maximum atomic E-state index is 12.3. The first-order valence-electron chi connectivity index (χ1n) is 7.75. The van der Waals surface area contributed by atoms with Crippen LogP contribution in [0.5, 0.6) is 0 Å². The zero-order chi connectivity index (χ0) is 15.5. The van der Waals surface area contributed by atoms with E-state index in [2.05, 4.69) is 20.3 Å². The molecule has 0 saturated carbocycles. The highest BCUT2D eigenvalue weighted by Crippen LogP contribution is 2.18. The molecule has 0 bridgehead atoms. The Bertz CT molecular complexity index is 569. The van der Waals surface area contributed by atoms with Crippen molar-refractivity contribution in [2.75, 3.05) is 31.9 Å². The molecule has 0 spiro atoms. The summed E-state index contributed by atoms with van der Waals surface area (Å²) in [5.41, 5.74) is 6.75. The van der Waals surface area contributed by atoms with E-state index in [9.17, 15) is 4.79 Å². The van der Waals surface area contributed by atoms with Crippen molar-refractivity contribution < 1.29 is 4.79 Å². The third-order valence-electron chi connectivity index (χ3n) is 4.31. The fourth-order valence-corrected chi connectivity index (χ4v) is 3.09. The number of amides is 1. The van der Waals surface area contributed by atoms with E-state index >= 15 is 0 Å². The Kier molecular flexibility index (Phi) is 4.35. The Morgan fingerprint density at radius 2 is 2.09 bits per heavy atom. The second kappa shape index (κ2) is 6.41. The van der Waals surface area contributed by atoms with Gasteiger partial charge in [0.1, 0.15) is 11.4 Å². The monoisotopic (exact) mass is 302 g/mol. The third-order valence-corrected chi connectivity index (χ3v) is 4.31. The average molecular weight is 302 g/mol. The molecule has 1 unspecified atom stereocenters. The molecule has 2 saturated heterocycles. The molecule has 1 aromatic heterocycles. The standard InChI is InChI=1S/C15H22N6O/c16-9-14-12(17)3-4-13(19-14)15(22)18-11-5-8-21(10-11)20-6-1-2-7-20/h3-4,9,11,16H,1-2,5-8,10,17H2,(H,18,22). The summed E-state index contributed by atoms with van der Waals surface area (Å²) in [5, 5.41) is 15.0. The number of anilines is 1. The van der Waals surface area contributed by atoms with Crippen LogP contribution in [0.25, 0.3) is 0 Å². The summed E-state index contributed by atoms with van der Waals surface area (Å²) in [6.45, 7) is 4.11. The zero-order valence-electron chi connectivity index (χ0n) is 12.6. The molecule has 3 rings (SSSR count). The smallest absolute Gasteiger partial charge is 0.270 e. The number of nitrogen functional groups attached to an aromatic ring is 1. The quantitative estimate of drug-likeness (QED) is 0.703. The van der Waals surface area contributed by atoms with Gasteiger partial charge in [0.15, 0.2) is 0 Å². The van der Waals surface area contributed by atoms with E-state index < -0.39 is 0 Å². The first kappa shape index (κ1) is 14.9. The summed E-state index contributed by atoms with van der Waals surface area (Å²) >= 11 is 0. The van der Waals surface area contributed by atoms with E-state index in [0.717, 1.165) is 38.8 Å². The molecule has 7 nitrogen and oxygen atoms in total. The Balaban J connectivity index is 1.59. The maximum Gasteiger partial charge on any atom is 0.270 e. The lowest BCUT2D eigenvalue weighted by molar-refractivity contribution is 0.0197. The van der Waals surface area contributed by atoms with Crippen molar-refractivity contribution in [2.24, 2.45) is 0 Å². The van der Waals surface area contributed by atoms with E-state index in [1.165, 1.54) is 12.8 Å². The van der Waals surface area contributed by atoms with Gasteiger partial charge in [-0.05, 0) is 31.4 Å². The van der Waals surface area contributed by atoms with E-state index in [1.807, 2.05) is 0 Å². The lowest BCUT2D eigenvalue weighted by Crippen LogP contribution is -2.42. The average Bonchev–Trinajstić information content (AvgIpc) is 3.18. The summed E-state index contributed by atoms with van der Waals surface area (Å²) in [7, 11) is 0. The summed E-state index contributed by atoms with van der Waals surface area (Å²) in [6.07, 6.45) is 4.54. The largest absolute Gasteiger partial charge is 0.397 e. The Morgan fingerprint density at radius 3 is 2.82 bits per heavy atom. The van der Waals surface area contributed by atoms with Crippen molar-refractivity contribution >= 4 is 17.8 Å². The number of hydrogen-bond acceptors (Lipinski definition) is 6. The van der Waals surface area contributed by atoms with Crippen molar-refractivity contribution in [1.29, 1.82) is 5.41 Å². The topological polar surface area (TPSA) is 98.3 Å². The van der Waals surface area contributed by atoms with E-state index in [-0.39, 0.29) is 11.9 Å². The number of nitrogens with zero attached hydrogens (tertiary/aromatic N) is 3. The Hall–Kier alpha value is -1.99. The Morgan fingerprint density at radius 1 is 1.32 bits per heavy atom. The minimum Gasteiger partial charge on any atom is -0.397 e. The molecule has 0 aliphatic carbocycles.